The number of rotatable bonds is 5. The van der Waals surface area contributed by atoms with Crippen LogP contribution in [0.15, 0.2) is 41.2 Å². The number of fused-ring (bicyclic) bond motifs is 1. The second-order valence-electron chi connectivity index (χ2n) is 8.30. The molecule has 164 valence electrons. The molecule has 1 saturated heterocycles. The fourth-order valence-electron chi connectivity index (χ4n) is 4.10. The Kier molecular flexibility index (Phi) is 6.72. The number of thiazole rings is 1. The SMILES string of the molecule is CC(C)n1c(=O)sc2cc(NC(=O)C3CCN(Cc4ccc(Cl)c(Cl)c4)CC3)ccc21. The smallest absolute Gasteiger partial charge is 0.308 e. The second kappa shape index (κ2) is 9.33. The monoisotopic (exact) mass is 477 g/mol. The van der Waals surface area contributed by atoms with Gasteiger partial charge in [0, 0.05) is 24.2 Å². The van der Waals surface area contributed by atoms with E-state index in [0.29, 0.717) is 10.0 Å². The molecule has 8 heteroatoms. The number of anilines is 1. The van der Waals surface area contributed by atoms with Crippen LogP contribution in [-0.2, 0) is 11.3 Å². The molecule has 1 N–H and O–H groups in total. The molecule has 0 spiro atoms. The first-order chi connectivity index (χ1) is 14.8. The van der Waals surface area contributed by atoms with Crippen molar-refractivity contribution in [3.63, 3.8) is 0 Å². The van der Waals surface area contributed by atoms with Gasteiger partial charge >= 0.3 is 4.87 Å². The van der Waals surface area contributed by atoms with Crippen molar-refractivity contribution in [3.05, 3.63) is 61.7 Å². The average Bonchev–Trinajstić information content (AvgIpc) is 3.06. The molecule has 3 aromatic rings. The van der Waals surface area contributed by atoms with Gasteiger partial charge in [0.2, 0.25) is 5.91 Å². The third kappa shape index (κ3) is 4.98. The average molecular weight is 478 g/mol. The van der Waals surface area contributed by atoms with Gasteiger partial charge < -0.3 is 5.32 Å². The molecule has 1 aliphatic rings. The summed E-state index contributed by atoms with van der Waals surface area (Å²) in [4.78, 5) is 27.4. The topological polar surface area (TPSA) is 54.3 Å². The number of likely N-dealkylation sites (tertiary alicyclic amines) is 1. The molecule has 1 amide bonds. The van der Waals surface area contributed by atoms with Crippen molar-refractivity contribution in [2.45, 2.75) is 39.3 Å². The largest absolute Gasteiger partial charge is 0.326 e. The summed E-state index contributed by atoms with van der Waals surface area (Å²) in [5.74, 6) is 0.0314. The van der Waals surface area contributed by atoms with Gasteiger partial charge in [0.15, 0.2) is 0 Å². The molecule has 0 unspecified atom stereocenters. The lowest BCUT2D eigenvalue weighted by Gasteiger charge is -2.31. The second-order valence-corrected chi connectivity index (χ2v) is 10.1. The molecule has 2 heterocycles. The third-order valence-electron chi connectivity index (χ3n) is 5.75. The highest BCUT2D eigenvalue weighted by Gasteiger charge is 2.25. The van der Waals surface area contributed by atoms with Crippen LogP contribution in [0.2, 0.25) is 10.0 Å². The van der Waals surface area contributed by atoms with E-state index in [1.807, 2.05) is 50.2 Å². The number of piperidine rings is 1. The Bertz CT molecular complexity index is 1160. The highest BCUT2D eigenvalue weighted by molar-refractivity contribution is 7.16. The summed E-state index contributed by atoms with van der Waals surface area (Å²) in [6.45, 7) is 6.51. The molecule has 1 aliphatic heterocycles. The number of carbonyl (C=O) groups excluding carboxylic acids is 1. The zero-order valence-corrected chi connectivity index (χ0v) is 19.9. The van der Waals surface area contributed by atoms with Crippen molar-refractivity contribution in [1.29, 1.82) is 0 Å². The molecule has 0 bridgehead atoms. The van der Waals surface area contributed by atoms with Crippen LogP contribution in [0, 0.1) is 5.92 Å². The highest BCUT2D eigenvalue weighted by atomic mass is 35.5. The molecule has 0 radical (unpaired) electrons. The minimum Gasteiger partial charge on any atom is -0.326 e. The zero-order chi connectivity index (χ0) is 22.1. The predicted molar refractivity (Wildman–Crippen MR) is 130 cm³/mol. The van der Waals surface area contributed by atoms with E-state index in [0.717, 1.165) is 53.9 Å². The summed E-state index contributed by atoms with van der Waals surface area (Å²) < 4.78 is 2.68. The lowest BCUT2D eigenvalue weighted by Crippen LogP contribution is -2.37. The molecular formula is C23H25Cl2N3O2S. The van der Waals surface area contributed by atoms with Gasteiger partial charge in [-0.3, -0.25) is 19.1 Å². The summed E-state index contributed by atoms with van der Waals surface area (Å²) in [5, 5.41) is 4.18. The molecule has 0 saturated carbocycles. The van der Waals surface area contributed by atoms with Crippen LogP contribution in [0.5, 0.6) is 0 Å². The van der Waals surface area contributed by atoms with E-state index in [-0.39, 0.29) is 22.7 Å². The minimum absolute atomic E-state index is 0.0141. The molecule has 5 nitrogen and oxygen atoms in total. The number of halogens is 2. The summed E-state index contributed by atoms with van der Waals surface area (Å²) in [6, 6.07) is 11.5. The highest BCUT2D eigenvalue weighted by Crippen LogP contribution is 2.27. The van der Waals surface area contributed by atoms with Gasteiger partial charge in [0.25, 0.3) is 0 Å². The Labute approximate surface area is 195 Å². The van der Waals surface area contributed by atoms with Gasteiger partial charge in [-0.1, -0.05) is 40.6 Å². The van der Waals surface area contributed by atoms with Crippen molar-refractivity contribution in [2.24, 2.45) is 5.92 Å². The summed E-state index contributed by atoms with van der Waals surface area (Å²) in [6.07, 6.45) is 1.62. The molecule has 1 aromatic heterocycles. The number of hydrogen-bond donors (Lipinski definition) is 1. The fraction of sp³-hybridized carbons (Fsp3) is 0.391. The Morgan fingerprint density at radius 2 is 1.87 bits per heavy atom. The van der Waals surface area contributed by atoms with Crippen LogP contribution >= 0.6 is 34.5 Å². The van der Waals surface area contributed by atoms with Crippen LogP contribution in [0.3, 0.4) is 0 Å². The lowest BCUT2D eigenvalue weighted by molar-refractivity contribution is -0.121. The summed E-state index contributed by atoms with van der Waals surface area (Å²) >= 11 is 13.3. The first kappa shape index (κ1) is 22.3. The van der Waals surface area contributed by atoms with Crippen LogP contribution in [0.25, 0.3) is 10.2 Å². The van der Waals surface area contributed by atoms with Crippen molar-refractivity contribution in [2.75, 3.05) is 18.4 Å². The molecule has 0 aliphatic carbocycles. The lowest BCUT2D eigenvalue weighted by atomic mass is 9.95. The number of carbonyl (C=O) groups is 1. The van der Waals surface area contributed by atoms with Crippen molar-refractivity contribution < 1.29 is 4.79 Å². The number of nitrogens with zero attached hydrogens (tertiary/aromatic N) is 2. The molecular weight excluding hydrogens is 453 g/mol. The Morgan fingerprint density at radius 3 is 2.55 bits per heavy atom. The van der Waals surface area contributed by atoms with E-state index in [4.69, 9.17) is 23.2 Å². The number of benzene rings is 2. The first-order valence-electron chi connectivity index (χ1n) is 10.4. The van der Waals surface area contributed by atoms with Gasteiger partial charge in [-0.05, 0) is 75.7 Å². The van der Waals surface area contributed by atoms with E-state index in [1.165, 1.54) is 11.3 Å². The molecule has 1 fully saturated rings. The van der Waals surface area contributed by atoms with E-state index in [2.05, 4.69) is 10.2 Å². The van der Waals surface area contributed by atoms with E-state index < -0.39 is 0 Å². The van der Waals surface area contributed by atoms with Gasteiger partial charge in [-0.15, -0.1) is 0 Å². The van der Waals surface area contributed by atoms with Gasteiger partial charge in [-0.25, -0.2) is 0 Å². The maximum atomic E-state index is 12.8. The number of amides is 1. The Balaban J connectivity index is 1.35. The molecule has 4 rings (SSSR count). The maximum absolute atomic E-state index is 12.8. The maximum Gasteiger partial charge on any atom is 0.308 e. The zero-order valence-electron chi connectivity index (χ0n) is 17.5. The Hall–Kier alpha value is -1.86. The summed E-state index contributed by atoms with van der Waals surface area (Å²) in [5.41, 5.74) is 2.78. The number of nitrogens with one attached hydrogen (secondary N) is 1. The van der Waals surface area contributed by atoms with Crippen LogP contribution in [-0.4, -0.2) is 28.5 Å². The fourth-order valence-corrected chi connectivity index (χ4v) is 5.47. The van der Waals surface area contributed by atoms with Crippen molar-refractivity contribution >= 4 is 56.3 Å². The van der Waals surface area contributed by atoms with E-state index in [9.17, 15) is 9.59 Å². The van der Waals surface area contributed by atoms with E-state index >= 15 is 0 Å². The minimum atomic E-state index is -0.0141. The van der Waals surface area contributed by atoms with Crippen LogP contribution < -0.4 is 10.2 Å². The first-order valence-corrected chi connectivity index (χ1v) is 12.0. The Morgan fingerprint density at radius 1 is 1.13 bits per heavy atom. The quantitative estimate of drug-likeness (QED) is 0.504. The van der Waals surface area contributed by atoms with Crippen molar-refractivity contribution in [1.82, 2.24) is 9.47 Å². The van der Waals surface area contributed by atoms with Crippen LogP contribution in [0.1, 0.15) is 38.3 Å². The molecule has 0 atom stereocenters. The predicted octanol–water partition coefficient (Wildman–Crippen LogP) is 5.80. The van der Waals surface area contributed by atoms with Gasteiger partial charge in [0.05, 0.1) is 20.3 Å². The number of aromatic nitrogens is 1. The normalized spacial score (nSPS) is 15.6. The number of hydrogen-bond acceptors (Lipinski definition) is 4. The third-order valence-corrected chi connectivity index (χ3v) is 7.40. The van der Waals surface area contributed by atoms with Gasteiger partial charge in [-0.2, -0.15) is 0 Å². The standard InChI is InChI=1S/C23H25Cl2N3O2S/c1-14(2)28-20-6-4-17(12-21(20)31-23(28)30)26-22(29)16-7-9-27(10-8-16)13-15-3-5-18(24)19(25)11-15/h3-6,11-12,14,16H,7-10,13H2,1-2H3,(H,26,29). The molecule has 2 aromatic carbocycles. The van der Waals surface area contributed by atoms with E-state index in [1.54, 1.807) is 4.57 Å². The molecule has 31 heavy (non-hydrogen) atoms. The van der Waals surface area contributed by atoms with Crippen LogP contribution in [0.4, 0.5) is 5.69 Å². The van der Waals surface area contributed by atoms with Gasteiger partial charge in [0.1, 0.15) is 0 Å². The summed E-state index contributed by atoms with van der Waals surface area (Å²) in [7, 11) is 0. The van der Waals surface area contributed by atoms with Crippen molar-refractivity contribution in [3.8, 4) is 0 Å².